The van der Waals surface area contributed by atoms with E-state index < -0.39 is 6.09 Å². The quantitative estimate of drug-likeness (QED) is 0.695. The Morgan fingerprint density at radius 3 is 2.88 bits per heavy atom. The van der Waals surface area contributed by atoms with Gasteiger partial charge in [-0.3, -0.25) is 5.32 Å². The smallest absolute Gasteiger partial charge is 0.409 e. The fraction of sp³-hybridized carbons (Fsp3) is 0.300. The van der Waals surface area contributed by atoms with E-state index in [4.69, 9.17) is 26.6 Å². The minimum atomic E-state index is -1.17. The molecular weight excluding hydrogens is 234 g/mol. The average Bonchev–Trinajstić information content (AvgIpc) is 2.22. The van der Waals surface area contributed by atoms with E-state index >= 15 is 0 Å². The fourth-order valence-corrected chi connectivity index (χ4v) is 1.24. The fourth-order valence-electron chi connectivity index (χ4n) is 1.08. The Kier molecular flexibility index (Phi) is 4.88. The molecule has 0 aliphatic heterocycles. The standard InChI is InChI=1S/C10H12ClNO4/c11-7-2-3-8(12-10(14)15)9(6-7)16-5-1-4-13/h2-3,6,12-13H,1,4-5H2,(H,14,15). The van der Waals surface area contributed by atoms with Crippen molar-refractivity contribution in [1.82, 2.24) is 0 Å². The van der Waals surface area contributed by atoms with Crippen LogP contribution in [-0.2, 0) is 0 Å². The maximum Gasteiger partial charge on any atom is 0.409 e. The highest BCUT2D eigenvalue weighted by Gasteiger charge is 2.07. The molecule has 3 N–H and O–H groups in total. The number of nitrogens with one attached hydrogen (secondary N) is 1. The predicted octanol–water partition coefficient (Wildman–Crippen LogP) is 2.19. The minimum absolute atomic E-state index is 0.0161. The molecular formula is C10H12ClNO4. The van der Waals surface area contributed by atoms with Gasteiger partial charge < -0.3 is 14.9 Å². The summed E-state index contributed by atoms with van der Waals surface area (Å²) in [5, 5.41) is 19.8. The number of carbonyl (C=O) groups is 1. The minimum Gasteiger partial charge on any atom is -0.491 e. The predicted molar refractivity (Wildman–Crippen MR) is 60.3 cm³/mol. The summed E-state index contributed by atoms with van der Waals surface area (Å²) in [5.74, 6) is 0.350. The molecule has 1 aromatic carbocycles. The summed E-state index contributed by atoms with van der Waals surface area (Å²) in [6, 6.07) is 4.60. The van der Waals surface area contributed by atoms with Gasteiger partial charge in [-0.2, -0.15) is 0 Å². The lowest BCUT2D eigenvalue weighted by Gasteiger charge is -2.10. The van der Waals surface area contributed by atoms with E-state index in [1.165, 1.54) is 12.1 Å². The van der Waals surface area contributed by atoms with Crippen molar-refractivity contribution in [2.75, 3.05) is 18.5 Å². The van der Waals surface area contributed by atoms with Gasteiger partial charge in [-0.05, 0) is 12.1 Å². The summed E-state index contributed by atoms with van der Waals surface area (Å²) in [7, 11) is 0. The second kappa shape index (κ2) is 6.19. The monoisotopic (exact) mass is 245 g/mol. The van der Waals surface area contributed by atoms with E-state index in [0.29, 0.717) is 29.5 Å². The number of hydrogen-bond acceptors (Lipinski definition) is 3. The molecule has 88 valence electrons. The number of amides is 1. The van der Waals surface area contributed by atoms with Crippen LogP contribution in [0.2, 0.25) is 5.02 Å². The van der Waals surface area contributed by atoms with Crippen LogP contribution in [0.15, 0.2) is 18.2 Å². The number of ether oxygens (including phenoxy) is 1. The number of carboxylic acid groups (broad SMARTS) is 1. The summed E-state index contributed by atoms with van der Waals surface area (Å²) < 4.78 is 5.29. The highest BCUT2D eigenvalue weighted by Crippen LogP contribution is 2.28. The molecule has 6 heteroatoms. The first-order valence-electron chi connectivity index (χ1n) is 4.66. The van der Waals surface area contributed by atoms with E-state index in [0.717, 1.165) is 0 Å². The molecule has 0 bridgehead atoms. The summed E-state index contributed by atoms with van der Waals surface area (Å²) in [6.07, 6.45) is -0.701. The van der Waals surface area contributed by atoms with E-state index in [1.807, 2.05) is 0 Å². The third kappa shape index (κ3) is 3.96. The van der Waals surface area contributed by atoms with Crippen LogP contribution in [0.1, 0.15) is 6.42 Å². The Hall–Kier alpha value is -1.46. The molecule has 0 fully saturated rings. The number of benzene rings is 1. The lowest BCUT2D eigenvalue weighted by Crippen LogP contribution is -2.09. The number of aliphatic hydroxyl groups is 1. The first kappa shape index (κ1) is 12.6. The third-order valence-electron chi connectivity index (χ3n) is 1.75. The highest BCUT2D eigenvalue weighted by molar-refractivity contribution is 6.30. The molecule has 5 nitrogen and oxygen atoms in total. The van der Waals surface area contributed by atoms with Crippen LogP contribution in [0, 0.1) is 0 Å². The maximum atomic E-state index is 10.5. The topological polar surface area (TPSA) is 78.8 Å². The van der Waals surface area contributed by atoms with Gasteiger partial charge >= 0.3 is 6.09 Å². The Balaban J connectivity index is 2.76. The van der Waals surface area contributed by atoms with Crippen LogP contribution in [0.5, 0.6) is 5.75 Å². The molecule has 0 saturated carbocycles. The van der Waals surface area contributed by atoms with Gasteiger partial charge in [0, 0.05) is 24.1 Å². The van der Waals surface area contributed by atoms with E-state index in [2.05, 4.69) is 5.32 Å². The summed E-state index contributed by atoms with van der Waals surface area (Å²) in [5.41, 5.74) is 0.329. The van der Waals surface area contributed by atoms with Gasteiger partial charge in [-0.25, -0.2) is 4.79 Å². The Bertz CT molecular complexity index is 370. The second-order valence-corrected chi connectivity index (χ2v) is 3.43. The van der Waals surface area contributed by atoms with Crippen molar-refractivity contribution in [3.8, 4) is 5.75 Å². The molecule has 0 aliphatic carbocycles. The first-order chi connectivity index (χ1) is 7.63. The molecule has 0 heterocycles. The van der Waals surface area contributed by atoms with Gasteiger partial charge in [-0.15, -0.1) is 0 Å². The Labute approximate surface area is 97.6 Å². The Morgan fingerprint density at radius 1 is 1.50 bits per heavy atom. The van der Waals surface area contributed by atoms with Crippen molar-refractivity contribution in [2.45, 2.75) is 6.42 Å². The zero-order valence-corrected chi connectivity index (χ0v) is 9.20. The van der Waals surface area contributed by atoms with Gasteiger partial charge in [0.2, 0.25) is 0 Å². The van der Waals surface area contributed by atoms with E-state index in [9.17, 15) is 4.79 Å². The molecule has 1 rings (SSSR count). The van der Waals surface area contributed by atoms with Crippen molar-refractivity contribution >= 4 is 23.4 Å². The number of aliphatic hydroxyl groups excluding tert-OH is 1. The summed E-state index contributed by atoms with van der Waals surface area (Å²) in [4.78, 5) is 10.5. The van der Waals surface area contributed by atoms with Crippen LogP contribution >= 0.6 is 11.6 Å². The van der Waals surface area contributed by atoms with E-state index in [1.54, 1.807) is 6.07 Å². The highest BCUT2D eigenvalue weighted by atomic mass is 35.5. The van der Waals surface area contributed by atoms with Gasteiger partial charge in [0.1, 0.15) is 5.75 Å². The average molecular weight is 246 g/mol. The number of halogens is 1. The van der Waals surface area contributed by atoms with Crippen LogP contribution in [0.4, 0.5) is 10.5 Å². The summed E-state index contributed by atoms with van der Waals surface area (Å²) >= 11 is 5.76. The molecule has 0 aromatic heterocycles. The SMILES string of the molecule is O=C(O)Nc1ccc(Cl)cc1OCCCO. The lowest BCUT2D eigenvalue weighted by molar-refractivity contribution is 0.209. The lowest BCUT2D eigenvalue weighted by atomic mass is 10.3. The van der Waals surface area contributed by atoms with Crippen LogP contribution in [0.3, 0.4) is 0 Å². The van der Waals surface area contributed by atoms with Crippen LogP contribution in [-0.4, -0.2) is 29.5 Å². The molecule has 0 aliphatic rings. The molecule has 0 radical (unpaired) electrons. The van der Waals surface area contributed by atoms with Crippen molar-refractivity contribution in [2.24, 2.45) is 0 Å². The normalized spacial score (nSPS) is 9.88. The van der Waals surface area contributed by atoms with Gasteiger partial charge in [0.15, 0.2) is 0 Å². The van der Waals surface area contributed by atoms with Crippen LogP contribution < -0.4 is 10.1 Å². The second-order valence-electron chi connectivity index (χ2n) is 3.00. The number of rotatable bonds is 5. The van der Waals surface area contributed by atoms with Gasteiger partial charge in [-0.1, -0.05) is 11.6 Å². The van der Waals surface area contributed by atoms with E-state index in [-0.39, 0.29) is 6.61 Å². The Morgan fingerprint density at radius 2 is 2.25 bits per heavy atom. The van der Waals surface area contributed by atoms with Crippen molar-refractivity contribution in [3.63, 3.8) is 0 Å². The van der Waals surface area contributed by atoms with Gasteiger partial charge in [0.25, 0.3) is 0 Å². The molecule has 0 spiro atoms. The first-order valence-corrected chi connectivity index (χ1v) is 5.04. The molecule has 1 aromatic rings. The van der Waals surface area contributed by atoms with Gasteiger partial charge in [0.05, 0.1) is 12.3 Å². The largest absolute Gasteiger partial charge is 0.491 e. The number of hydrogen-bond donors (Lipinski definition) is 3. The molecule has 1 amide bonds. The van der Waals surface area contributed by atoms with Crippen molar-refractivity contribution < 1.29 is 19.7 Å². The molecule has 0 unspecified atom stereocenters. The van der Waals surface area contributed by atoms with Crippen molar-refractivity contribution in [1.29, 1.82) is 0 Å². The molecule has 0 atom stereocenters. The molecule has 0 saturated heterocycles. The third-order valence-corrected chi connectivity index (χ3v) is 1.98. The molecule has 16 heavy (non-hydrogen) atoms. The zero-order valence-electron chi connectivity index (χ0n) is 8.44. The zero-order chi connectivity index (χ0) is 12.0. The summed E-state index contributed by atoms with van der Waals surface area (Å²) in [6.45, 7) is 0.313. The van der Waals surface area contributed by atoms with Crippen LogP contribution in [0.25, 0.3) is 0 Å². The number of anilines is 1. The van der Waals surface area contributed by atoms with Crippen molar-refractivity contribution in [3.05, 3.63) is 23.2 Å². The maximum absolute atomic E-state index is 10.5.